The van der Waals surface area contributed by atoms with E-state index in [4.69, 9.17) is 0 Å². The van der Waals surface area contributed by atoms with E-state index in [1.165, 1.54) is 11.8 Å². The van der Waals surface area contributed by atoms with Gasteiger partial charge in [-0.1, -0.05) is 0 Å². The number of imidazole rings is 1. The molecule has 0 saturated carbocycles. The Balaban J connectivity index is 1.85. The Morgan fingerprint density at radius 3 is 2.50 bits per heavy atom. The molecule has 2 atom stereocenters. The molecule has 4 rings (SSSR count). The van der Waals surface area contributed by atoms with Gasteiger partial charge in [-0.25, -0.2) is 15.0 Å². The van der Waals surface area contributed by atoms with E-state index in [1.54, 1.807) is 23.0 Å². The molecule has 4 heterocycles. The van der Waals surface area contributed by atoms with Crippen LogP contribution in [0.5, 0.6) is 0 Å². The minimum atomic E-state index is -4.71. The van der Waals surface area contributed by atoms with E-state index in [0.29, 0.717) is 11.6 Å². The molecule has 3 aromatic heterocycles. The molecule has 0 spiro atoms. The molecule has 1 fully saturated rings. The lowest BCUT2D eigenvalue weighted by Gasteiger charge is -2.27. The Hall–Kier alpha value is -3.45. The highest BCUT2D eigenvalue weighted by Gasteiger charge is 2.41. The van der Waals surface area contributed by atoms with Crippen LogP contribution in [0.15, 0.2) is 30.6 Å². The van der Waals surface area contributed by atoms with Gasteiger partial charge in [-0.05, 0) is 44.5 Å². The Morgan fingerprint density at radius 1 is 1.12 bits per heavy atom. The molecule has 166 valence electrons. The van der Waals surface area contributed by atoms with Gasteiger partial charge in [0.15, 0.2) is 0 Å². The number of β-amino-alcohol motifs (C(OH)–C–C–N with tert-alkyl or cyclic N) is 1. The molecule has 1 aliphatic rings. The van der Waals surface area contributed by atoms with Crippen LogP contribution in [-0.2, 0) is 6.18 Å². The monoisotopic (exact) mass is 442 g/mol. The number of anilines is 1. The molecule has 10 heteroatoms. The maximum atomic E-state index is 13.6. The average Bonchev–Trinajstić information content (AvgIpc) is 3.32. The fraction of sp³-hybridized carbons (Fsp3) is 0.364. The molecular weight excluding hydrogens is 421 g/mol. The van der Waals surface area contributed by atoms with Crippen LogP contribution in [0, 0.1) is 32.1 Å². The summed E-state index contributed by atoms with van der Waals surface area (Å²) in [5.41, 5.74) is 0.333. The van der Waals surface area contributed by atoms with Gasteiger partial charge in [0.1, 0.15) is 29.1 Å². The second kappa shape index (κ2) is 7.91. The number of aromatic nitrogens is 4. The summed E-state index contributed by atoms with van der Waals surface area (Å²) < 4.78 is 42.6. The van der Waals surface area contributed by atoms with Crippen molar-refractivity contribution in [1.82, 2.24) is 19.5 Å². The van der Waals surface area contributed by atoms with Gasteiger partial charge >= 0.3 is 6.18 Å². The highest BCUT2D eigenvalue weighted by Crippen LogP contribution is 2.41. The Bertz CT molecular complexity index is 1190. The van der Waals surface area contributed by atoms with Crippen LogP contribution in [0.4, 0.5) is 19.0 Å². The van der Waals surface area contributed by atoms with E-state index in [2.05, 4.69) is 15.0 Å². The molecule has 1 aliphatic heterocycles. The zero-order valence-electron chi connectivity index (χ0n) is 17.7. The number of aliphatic hydroxyl groups excluding tert-OH is 1. The molecule has 32 heavy (non-hydrogen) atoms. The number of hydrogen-bond acceptors (Lipinski definition) is 6. The van der Waals surface area contributed by atoms with Crippen LogP contribution in [0.1, 0.15) is 46.4 Å². The van der Waals surface area contributed by atoms with E-state index in [-0.39, 0.29) is 24.5 Å². The number of nitriles is 1. The van der Waals surface area contributed by atoms with Crippen molar-refractivity contribution in [3.05, 3.63) is 64.5 Å². The number of aliphatic hydroxyl groups is 1. The molecule has 3 aromatic rings. The van der Waals surface area contributed by atoms with Crippen molar-refractivity contribution in [3.8, 4) is 11.9 Å². The lowest BCUT2D eigenvalue weighted by atomic mass is 10.1. The zero-order valence-corrected chi connectivity index (χ0v) is 17.7. The maximum Gasteiger partial charge on any atom is 0.417 e. The summed E-state index contributed by atoms with van der Waals surface area (Å²) in [5.74, 6) is 1.01. The maximum absolute atomic E-state index is 13.6. The predicted octanol–water partition coefficient (Wildman–Crippen LogP) is 3.79. The third-order valence-electron chi connectivity index (χ3n) is 5.40. The third-order valence-corrected chi connectivity index (χ3v) is 5.40. The highest BCUT2D eigenvalue weighted by atomic mass is 19.4. The molecule has 1 N–H and O–H groups in total. The van der Waals surface area contributed by atoms with Crippen LogP contribution >= 0.6 is 0 Å². The average molecular weight is 442 g/mol. The number of alkyl halides is 3. The Labute approximate surface area is 182 Å². The summed E-state index contributed by atoms with van der Waals surface area (Å²) in [6, 6.07) is 5.75. The summed E-state index contributed by atoms with van der Waals surface area (Å²) in [7, 11) is 0. The minimum absolute atomic E-state index is 0.0280. The van der Waals surface area contributed by atoms with E-state index < -0.39 is 29.4 Å². The predicted molar refractivity (Wildman–Crippen MR) is 110 cm³/mol. The largest absolute Gasteiger partial charge is 0.417 e. The van der Waals surface area contributed by atoms with Crippen LogP contribution in [0.3, 0.4) is 0 Å². The summed E-state index contributed by atoms with van der Waals surface area (Å²) in [4.78, 5) is 14.8. The molecule has 0 unspecified atom stereocenters. The van der Waals surface area contributed by atoms with Gasteiger partial charge < -0.3 is 10.0 Å². The first-order chi connectivity index (χ1) is 15.1. The van der Waals surface area contributed by atoms with Crippen molar-refractivity contribution in [2.24, 2.45) is 0 Å². The van der Waals surface area contributed by atoms with Crippen LogP contribution < -0.4 is 4.90 Å². The van der Waals surface area contributed by atoms with Gasteiger partial charge in [0.2, 0.25) is 0 Å². The summed E-state index contributed by atoms with van der Waals surface area (Å²) in [6.07, 6.45) is -2.00. The molecule has 0 radical (unpaired) electrons. The Kier molecular flexibility index (Phi) is 5.38. The van der Waals surface area contributed by atoms with Crippen LogP contribution in [0.25, 0.3) is 5.82 Å². The molecule has 0 aromatic carbocycles. The molecule has 0 bridgehead atoms. The van der Waals surface area contributed by atoms with Gasteiger partial charge in [0, 0.05) is 36.7 Å². The SMILES string of the molecule is Cc1cc(C)nc(-n2ccnc2[C@@H]2C[C@H](O)CN2c2nc(C)cc(C(F)(F)F)c2C#N)c1. The third kappa shape index (κ3) is 3.91. The standard InChI is InChI=1S/C22H21F3N6O/c1-12-6-13(2)28-19(7-12)30-5-4-27-21(30)18-9-15(32)11-31(18)20-16(10-26)17(22(23,24)25)8-14(3)29-20/h4-8,15,18,32H,9,11H2,1-3H3/t15-,18-/m0/s1. The second-order valence-electron chi connectivity index (χ2n) is 7.98. The number of halogens is 3. The van der Waals surface area contributed by atoms with Gasteiger partial charge in [0.25, 0.3) is 0 Å². The van der Waals surface area contributed by atoms with Crippen molar-refractivity contribution >= 4 is 5.82 Å². The summed E-state index contributed by atoms with van der Waals surface area (Å²) >= 11 is 0. The number of pyridine rings is 2. The highest BCUT2D eigenvalue weighted by molar-refractivity contribution is 5.61. The molecule has 0 amide bonds. The smallest absolute Gasteiger partial charge is 0.391 e. The van der Waals surface area contributed by atoms with Crippen molar-refractivity contribution < 1.29 is 18.3 Å². The summed E-state index contributed by atoms with van der Waals surface area (Å²) in [5, 5.41) is 20.0. The van der Waals surface area contributed by atoms with E-state index in [1.807, 2.05) is 26.0 Å². The van der Waals surface area contributed by atoms with Crippen LogP contribution in [0.2, 0.25) is 0 Å². The van der Waals surface area contributed by atoms with Crippen molar-refractivity contribution in [2.75, 3.05) is 11.4 Å². The molecule has 0 aliphatic carbocycles. The van der Waals surface area contributed by atoms with Crippen LogP contribution in [-0.4, -0.2) is 37.3 Å². The number of nitrogens with zero attached hydrogens (tertiary/aromatic N) is 6. The van der Waals surface area contributed by atoms with Gasteiger partial charge in [0.05, 0.1) is 17.7 Å². The lowest BCUT2D eigenvalue weighted by Crippen LogP contribution is -2.29. The molecule has 7 nitrogen and oxygen atoms in total. The van der Waals surface area contributed by atoms with Crippen molar-refractivity contribution in [2.45, 2.75) is 45.5 Å². The number of rotatable bonds is 3. The second-order valence-corrected chi connectivity index (χ2v) is 7.98. The quantitative estimate of drug-likeness (QED) is 0.664. The van der Waals surface area contributed by atoms with E-state index >= 15 is 0 Å². The lowest BCUT2D eigenvalue weighted by molar-refractivity contribution is -0.137. The number of aryl methyl sites for hydroxylation is 3. The molecule has 1 saturated heterocycles. The topological polar surface area (TPSA) is 90.9 Å². The first-order valence-electron chi connectivity index (χ1n) is 10.0. The van der Waals surface area contributed by atoms with Gasteiger partial charge in [-0.3, -0.25) is 4.57 Å². The Morgan fingerprint density at radius 2 is 1.84 bits per heavy atom. The summed E-state index contributed by atoms with van der Waals surface area (Å²) in [6.45, 7) is 5.28. The first-order valence-corrected chi connectivity index (χ1v) is 10.0. The normalized spacial score (nSPS) is 18.8. The van der Waals surface area contributed by atoms with Crippen molar-refractivity contribution in [1.29, 1.82) is 5.26 Å². The molecular formula is C22H21F3N6O. The van der Waals surface area contributed by atoms with Gasteiger partial charge in [-0.15, -0.1) is 0 Å². The van der Waals surface area contributed by atoms with E-state index in [9.17, 15) is 23.5 Å². The van der Waals surface area contributed by atoms with Crippen molar-refractivity contribution in [3.63, 3.8) is 0 Å². The fourth-order valence-corrected chi connectivity index (χ4v) is 4.19. The zero-order chi connectivity index (χ0) is 23.2. The fourth-order valence-electron chi connectivity index (χ4n) is 4.19. The first kappa shape index (κ1) is 21.8. The number of hydrogen-bond donors (Lipinski definition) is 1. The van der Waals surface area contributed by atoms with Gasteiger partial charge in [-0.2, -0.15) is 18.4 Å². The van der Waals surface area contributed by atoms with E-state index in [0.717, 1.165) is 17.3 Å². The minimum Gasteiger partial charge on any atom is -0.391 e.